The Labute approximate surface area is 87.0 Å². The number of nitrogens with zero attached hydrogens (tertiary/aromatic N) is 1. The second-order valence-corrected chi connectivity index (χ2v) is 4.32. The molecule has 2 atom stereocenters. The Kier molecular flexibility index (Phi) is 4.69. The molecule has 1 saturated carbocycles. The van der Waals surface area contributed by atoms with Crippen molar-refractivity contribution < 1.29 is 0 Å². The minimum Gasteiger partial charge on any atom is -0.309 e. The van der Waals surface area contributed by atoms with E-state index in [1.54, 1.807) is 0 Å². The van der Waals surface area contributed by atoms with Crippen LogP contribution in [0, 0.1) is 17.2 Å². The van der Waals surface area contributed by atoms with Crippen LogP contribution >= 0.6 is 0 Å². The van der Waals surface area contributed by atoms with Crippen LogP contribution in [-0.2, 0) is 0 Å². The number of nitriles is 1. The van der Waals surface area contributed by atoms with Gasteiger partial charge < -0.3 is 5.32 Å². The highest BCUT2D eigenvalue weighted by molar-refractivity contribution is 4.98. The van der Waals surface area contributed by atoms with E-state index in [2.05, 4.69) is 31.3 Å². The number of allylic oxidation sites excluding steroid dienone is 1. The van der Waals surface area contributed by atoms with Crippen molar-refractivity contribution in [2.24, 2.45) is 5.92 Å². The molecule has 0 spiro atoms. The van der Waals surface area contributed by atoms with E-state index < -0.39 is 0 Å². The van der Waals surface area contributed by atoms with Gasteiger partial charge in [-0.2, -0.15) is 5.26 Å². The zero-order chi connectivity index (χ0) is 10.4. The molecule has 14 heavy (non-hydrogen) atoms. The zero-order valence-corrected chi connectivity index (χ0v) is 9.21. The van der Waals surface area contributed by atoms with Crippen LogP contribution in [0.5, 0.6) is 0 Å². The summed E-state index contributed by atoms with van der Waals surface area (Å²) in [6.45, 7) is 5.11. The smallest absolute Gasteiger partial charge is 0.0672 e. The van der Waals surface area contributed by atoms with Gasteiger partial charge in [-0.3, -0.25) is 0 Å². The monoisotopic (exact) mass is 192 g/mol. The van der Waals surface area contributed by atoms with Crippen molar-refractivity contribution in [3.63, 3.8) is 0 Å². The van der Waals surface area contributed by atoms with Crippen molar-refractivity contribution in [3.8, 4) is 6.07 Å². The van der Waals surface area contributed by atoms with Crippen molar-refractivity contribution in [1.82, 2.24) is 5.32 Å². The minimum absolute atomic E-state index is 0.231. The quantitative estimate of drug-likeness (QED) is 0.698. The van der Waals surface area contributed by atoms with Crippen LogP contribution in [0.2, 0.25) is 0 Å². The maximum atomic E-state index is 8.96. The van der Waals surface area contributed by atoms with Gasteiger partial charge in [0, 0.05) is 12.6 Å². The Morgan fingerprint density at radius 3 is 2.79 bits per heavy atom. The highest BCUT2D eigenvalue weighted by Crippen LogP contribution is 2.23. The fourth-order valence-electron chi connectivity index (χ4n) is 1.94. The standard InChI is InChI=1S/C12H20N2/c1-10(2)7-8-14-12-6-4-3-5-11(12)9-13/h7,11-12,14H,3-6,8H2,1-2H3. The number of nitrogens with one attached hydrogen (secondary N) is 1. The van der Waals surface area contributed by atoms with Crippen LogP contribution in [0.25, 0.3) is 0 Å². The average Bonchev–Trinajstić information content (AvgIpc) is 2.18. The Balaban J connectivity index is 2.34. The molecular weight excluding hydrogens is 172 g/mol. The lowest BCUT2D eigenvalue weighted by molar-refractivity contribution is 0.321. The molecule has 2 nitrogen and oxygen atoms in total. The second-order valence-electron chi connectivity index (χ2n) is 4.32. The normalized spacial score (nSPS) is 26.6. The van der Waals surface area contributed by atoms with Crippen molar-refractivity contribution >= 4 is 0 Å². The highest BCUT2D eigenvalue weighted by Gasteiger charge is 2.23. The maximum Gasteiger partial charge on any atom is 0.0672 e. The summed E-state index contributed by atoms with van der Waals surface area (Å²) in [5.41, 5.74) is 1.34. The Bertz CT molecular complexity index is 233. The first-order valence-corrected chi connectivity index (χ1v) is 5.50. The molecule has 0 aromatic carbocycles. The minimum atomic E-state index is 0.231. The van der Waals surface area contributed by atoms with Crippen LogP contribution in [0.1, 0.15) is 39.5 Å². The van der Waals surface area contributed by atoms with Gasteiger partial charge >= 0.3 is 0 Å². The largest absolute Gasteiger partial charge is 0.309 e. The van der Waals surface area contributed by atoms with Gasteiger partial charge in [-0.1, -0.05) is 24.5 Å². The third-order valence-corrected chi connectivity index (χ3v) is 2.82. The summed E-state index contributed by atoms with van der Waals surface area (Å²) >= 11 is 0. The highest BCUT2D eigenvalue weighted by atomic mass is 14.9. The fraction of sp³-hybridized carbons (Fsp3) is 0.750. The van der Waals surface area contributed by atoms with E-state index >= 15 is 0 Å². The third kappa shape index (κ3) is 3.51. The molecule has 78 valence electrons. The molecule has 0 amide bonds. The van der Waals surface area contributed by atoms with Gasteiger partial charge in [0.05, 0.1) is 12.0 Å². The van der Waals surface area contributed by atoms with E-state index in [0.29, 0.717) is 6.04 Å². The van der Waals surface area contributed by atoms with E-state index in [-0.39, 0.29) is 5.92 Å². The van der Waals surface area contributed by atoms with Gasteiger partial charge in [0.25, 0.3) is 0 Å². The lowest BCUT2D eigenvalue weighted by Gasteiger charge is -2.27. The molecule has 0 heterocycles. The second kappa shape index (κ2) is 5.82. The van der Waals surface area contributed by atoms with E-state index in [9.17, 15) is 0 Å². The third-order valence-electron chi connectivity index (χ3n) is 2.82. The van der Waals surface area contributed by atoms with Crippen LogP contribution in [0.4, 0.5) is 0 Å². The predicted molar refractivity (Wildman–Crippen MR) is 58.8 cm³/mol. The molecule has 0 bridgehead atoms. The van der Waals surface area contributed by atoms with Crippen LogP contribution in [-0.4, -0.2) is 12.6 Å². The number of hydrogen-bond donors (Lipinski definition) is 1. The Hall–Kier alpha value is -0.810. The summed E-state index contributed by atoms with van der Waals surface area (Å²) in [6, 6.07) is 2.83. The summed E-state index contributed by atoms with van der Waals surface area (Å²) in [5.74, 6) is 0.231. The molecule has 1 N–H and O–H groups in total. The summed E-state index contributed by atoms with van der Waals surface area (Å²) in [4.78, 5) is 0. The van der Waals surface area contributed by atoms with Gasteiger partial charge in [0.15, 0.2) is 0 Å². The first kappa shape index (κ1) is 11.3. The predicted octanol–water partition coefficient (Wildman–Crippen LogP) is 2.62. The van der Waals surface area contributed by atoms with Gasteiger partial charge in [-0.25, -0.2) is 0 Å². The molecule has 2 unspecified atom stereocenters. The molecule has 1 aliphatic rings. The molecule has 0 radical (unpaired) electrons. The fourth-order valence-corrected chi connectivity index (χ4v) is 1.94. The summed E-state index contributed by atoms with van der Waals surface area (Å²) in [5, 5.41) is 12.4. The van der Waals surface area contributed by atoms with E-state index in [0.717, 1.165) is 19.4 Å². The molecule has 1 rings (SSSR count). The van der Waals surface area contributed by atoms with Gasteiger partial charge in [-0.15, -0.1) is 0 Å². The van der Waals surface area contributed by atoms with Crippen LogP contribution in [0.3, 0.4) is 0 Å². The molecule has 2 heteroatoms. The first-order valence-electron chi connectivity index (χ1n) is 5.50. The van der Waals surface area contributed by atoms with Gasteiger partial charge in [-0.05, 0) is 26.7 Å². The SMILES string of the molecule is CC(C)=CCNC1CCCCC1C#N. The molecule has 0 aliphatic heterocycles. The van der Waals surface area contributed by atoms with Crippen molar-refractivity contribution in [3.05, 3.63) is 11.6 Å². The van der Waals surface area contributed by atoms with E-state index in [1.165, 1.54) is 18.4 Å². The average molecular weight is 192 g/mol. The van der Waals surface area contributed by atoms with Crippen LogP contribution < -0.4 is 5.32 Å². The molecule has 1 aliphatic carbocycles. The van der Waals surface area contributed by atoms with Crippen molar-refractivity contribution in [1.29, 1.82) is 5.26 Å². The number of hydrogen-bond acceptors (Lipinski definition) is 2. The molecule has 0 saturated heterocycles. The topological polar surface area (TPSA) is 35.8 Å². The summed E-state index contributed by atoms with van der Waals surface area (Å²) in [6.07, 6.45) is 6.91. The van der Waals surface area contributed by atoms with E-state index in [4.69, 9.17) is 5.26 Å². The number of rotatable bonds is 3. The zero-order valence-electron chi connectivity index (χ0n) is 9.21. The lowest BCUT2D eigenvalue weighted by Crippen LogP contribution is -2.38. The lowest BCUT2D eigenvalue weighted by atomic mass is 9.85. The summed E-state index contributed by atoms with van der Waals surface area (Å²) < 4.78 is 0. The molecule has 0 aromatic rings. The first-order chi connectivity index (χ1) is 6.74. The molecule has 0 aromatic heterocycles. The van der Waals surface area contributed by atoms with Crippen molar-refractivity contribution in [2.45, 2.75) is 45.6 Å². The van der Waals surface area contributed by atoms with Crippen LogP contribution in [0.15, 0.2) is 11.6 Å². The van der Waals surface area contributed by atoms with E-state index in [1.807, 2.05) is 0 Å². The Morgan fingerprint density at radius 1 is 1.43 bits per heavy atom. The molecular formula is C12H20N2. The van der Waals surface area contributed by atoms with Crippen molar-refractivity contribution in [2.75, 3.05) is 6.54 Å². The van der Waals surface area contributed by atoms with Gasteiger partial charge in [0.1, 0.15) is 0 Å². The Morgan fingerprint density at radius 2 is 2.14 bits per heavy atom. The summed E-state index contributed by atoms with van der Waals surface area (Å²) in [7, 11) is 0. The van der Waals surface area contributed by atoms with Gasteiger partial charge in [0.2, 0.25) is 0 Å². The molecule has 1 fully saturated rings. The maximum absolute atomic E-state index is 8.96.